The highest BCUT2D eigenvalue weighted by Crippen LogP contribution is 2.32. The molecule has 2 rings (SSSR count). The quantitative estimate of drug-likeness (QED) is 0.658. The van der Waals surface area contributed by atoms with Gasteiger partial charge in [0.25, 0.3) is 0 Å². The van der Waals surface area contributed by atoms with E-state index in [0.717, 1.165) is 22.5 Å². The van der Waals surface area contributed by atoms with E-state index in [2.05, 4.69) is 26.2 Å². The van der Waals surface area contributed by atoms with Crippen LogP contribution in [0.4, 0.5) is 0 Å². The molecule has 5 heteroatoms. The summed E-state index contributed by atoms with van der Waals surface area (Å²) in [5.41, 5.74) is 3.54. The number of furan rings is 1. The molecule has 0 radical (unpaired) electrons. The van der Waals surface area contributed by atoms with Crippen LogP contribution >= 0.6 is 23.4 Å². The summed E-state index contributed by atoms with van der Waals surface area (Å²) in [7, 11) is 0. The Morgan fingerprint density at radius 3 is 2.74 bits per heavy atom. The van der Waals surface area contributed by atoms with Crippen molar-refractivity contribution >= 4 is 34.3 Å². The van der Waals surface area contributed by atoms with E-state index in [9.17, 15) is 0 Å². The highest BCUT2D eigenvalue weighted by atomic mass is 35.5. The van der Waals surface area contributed by atoms with Crippen LogP contribution in [0.1, 0.15) is 32.6 Å². The second kappa shape index (κ2) is 5.75. The van der Waals surface area contributed by atoms with Gasteiger partial charge in [-0.3, -0.25) is 5.84 Å². The Bertz CT molecular complexity index is 562. The topological polar surface area (TPSA) is 51.2 Å². The predicted octanol–water partition coefficient (Wildman–Crippen LogP) is 4.12. The summed E-state index contributed by atoms with van der Waals surface area (Å²) in [5, 5.41) is 1.63. The van der Waals surface area contributed by atoms with Crippen molar-refractivity contribution in [3.63, 3.8) is 0 Å². The number of hydrogen-bond donors (Lipinski definition) is 2. The molecule has 0 aliphatic heterocycles. The molecular weight excluding hydrogens is 280 g/mol. The van der Waals surface area contributed by atoms with Gasteiger partial charge in [0, 0.05) is 15.9 Å². The third-order valence-electron chi connectivity index (χ3n) is 2.74. The van der Waals surface area contributed by atoms with Crippen molar-refractivity contribution in [3.05, 3.63) is 35.0 Å². The molecule has 104 valence electrons. The van der Waals surface area contributed by atoms with Gasteiger partial charge in [-0.1, -0.05) is 44.5 Å². The van der Waals surface area contributed by atoms with Gasteiger partial charge < -0.3 is 4.42 Å². The summed E-state index contributed by atoms with van der Waals surface area (Å²) in [6.45, 7) is 6.54. The molecule has 0 fully saturated rings. The fourth-order valence-electron chi connectivity index (χ4n) is 1.76. The zero-order valence-corrected chi connectivity index (χ0v) is 12.9. The first-order chi connectivity index (χ1) is 8.90. The number of thioether (sulfide) groups is 1. The summed E-state index contributed by atoms with van der Waals surface area (Å²) in [5.74, 6) is 7.30. The second-order valence-electron chi connectivity index (χ2n) is 5.45. The van der Waals surface area contributed by atoms with E-state index in [-0.39, 0.29) is 10.8 Å². The molecule has 0 amide bonds. The van der Waals surface area contributed by atoms with Crippen LogP contribution in [-0.4, -0.2) is 10.5 Å². The van der Waals surface area contributed by atoms with E-state index in [1.54, 1.807) is 0 Å². The summed E-state index contributed by atoms with van der Waals surface area (Å²) >= 11 is 7.96. The Hall–Kier alpha value is -0.680. The number of hydrazine groups is 1. The molecule has 1 heterocycles. The normalized spacial score (nSPS) is 13.9. The predicted molar refractivity (Wildman–Crippen MR) is 83.5 cm³/mol. The largest absolute Gasteiger partial charge is 0.458 e. The number of nitrogens with one attached hydrogen (secondary N) is 1. The molecule has 0 aliphatic carbocycles. The molecule has 0 saturated heterocycles. The Morgan fingerprint density at radius 1 is 1.42 bits per heavy atom. The molecule has 19 heavy (non-hydrogen) atoms. The third-order valence-corrected chi connectivity index (χ3v) is 4.41. The van der Waals surface area contributed by atoms with Crippen molar-refractivity contribution in [2.45, 2.75) is 31.6 Å². The van der Waals surface area contributed by atoms with Crippen molar-refractivity contribution in [1.29, 1.82) is 0 Å². The van der Waals surface area contributed by atoms with Crippen LogP contribution < -0.4 is 11.3 Å². The van der Waals surface area contributed by atoms with Gasteiger partial charge in [0.15, 0.2) is 5.58 Å². The monoisotopic (exact) mass is 298 g/mol. The Kier molecular flexibility index (Phi) is 4.46. The van der Waals surface area contributed by atoms with Gasteiger partial charge in [-0.15, -0.1) is 0 Å². The smallest absolute Gasteiger partial charge is 0.152 e. The highest BCUT2D eigenvalue weighted by Gasteiger charge is 2.19. The van der Waals surface area contributed by atoms with Crippen molar-refractivity contribution in [1.82, 2.24) is 5.43 Å². The van der Waals surface area contributed by atoms with Crippen LogP contribution in [0.5, 0.6) is 0 Å². The lowest BCUT2D eigenvalue weighted by molar-refractivity contribution is 0.463. The maximum atomic E-state index is 6.12. The van der Waals surface area contributed by atoms with Crippen molar-refractivity contribution in [2.24, 2.45) is 5.84 Å². The van der Waals surface area contributed by atoms with Gasteiger partial charge in [-0.05, 0) is 12.1 Å². The van der Waals surface area contributed by atoms with Crippen LogP contribution in [-0.2, 0) is 0 Å². The summed E-state index contributed by atoms with van der Waals surface area (Å²) in [6.07, 6.45) is 0. The summed E-state index contributed by atoms with van der Waals surface area (Å²) < 4.78 is 6.02. The SMILES string of the molecule is CC(C)(C)SCC(NN)c1cc2cccc(Cl)c2o1. The van der Waals surface area contributed by atoms with Crippen LogP contribution in [0.3, 0.4) is 0 Å². The average molecular weight is 299 g/mol. The first-order valence-electron chi connectivity index (χ1n) is 6.19. The van der Waals surface area contributed by atoms with E-state index in [1.165, 1.54) is 0 Å². The zero-order chi connectivity index (χ0) is 14.0. The minimum atomic E-state index is -0.0207. The zero-order valence-electron chi connectivity index (χ0n) is 11.4. The maximum Gasteiger partial charge on any atom is 0.152 e. The molecule has 3 nitrogen and oxygen atoms in total. The number of halogens is 1. The van der Waals surface area contributed by atoms with Gasteiger partial charge in [0.2, 0.25) is 0 Å². The number of benzene rings is 1. The van der Waals surface area contributed by atoms with E-state index >= 15 is 0 Å². The van der Waals surface area contributed by atoms with E-state index in [1.807, 2.05) is 36.0 Å². The van der Waals surface area contributed by atoms with Crippen LogP contribution in [0.2, 0.25) is 5.02 Å². The molecule has 0 saturated carbocycles. The standard InChI is InChI=1S/C14H19ClN2OS/c1-14(2,3)19-8-11(17-16)12-7-9-5-4-6-10(15)13(9)18-12/h4-7,11,17H,8,16H2,1-3H3. The fraction of sp³-hybridized carbons (Fsp3) is 0.429. The van der Waals surface area contributed by atoms with E-state index in [0.29, 0.717) is 5.02 Å². The Balaban J connectivity index is 2.23. The minimum Gasteiger partial charge on any atom is -0.458 e. The van der Waals surface area contributed by atoms with Gasteiger partial charge in [-0.2, -0.15) is 11.8 Å². The van der Waals surface area contributed by atoms with E-state index in [4.69, 9.17) is 21.9 Å². The first-order valence-corrected chi connectivity index (χ1v) is 7.55. The number of para-hydroxylation sites is 1. The van der Waals surface area contributed by atoms with Gasteiger partial charge in [0.1, 0.15) is 5.76 Å². The van der Waals surface area contributed by atoms with Crippen molar-refractivity contribution < 1.29 is 4.42 Å². The minimum absolute atomic E-state index is 0.0207. The van der Waals surface area contributed by atoms with Crippen molar-refractivity contribution in [2.75, 3.05) is 5.75 Å². The van der Waals surface area contributed by atoms with Crippen molar-refractivity contribution in [3.8, 4) is 0 Å². The average Bonchev–Trinajstić information content (AvgIpc) is 2.73. The third kappa shape index (κ3) is 3.66. The number of rotatable bonds is 4. The number of nitrogens with two attached hydrogens (primary N) is 1. The molecule has 3 N–H and O–H groups in total. The second-order valence-corrected chi connectivity index (χ2v) is 7.70. The van der Waals surface area contributed by atoms with Gasteiger partial charge in [-0.25, -0.2) is 5.43 Å². The fourth-order valence-corrected chi connectivity index (χ4v) is 2.91. The molecular formula is C14H19ClN2OS. The molecule has 0 spiro atoms. The lowest BCUT2D eigenvalue weighted by Crippen LogP contribution is -2.30. The van der Waals surface area contributed by atoms with E-state index < -0.39 is 0 Å². The number of fused-ring (bicyclic) bond motifs is 1. The molecule has 0 aliphatic rings. The van der Waals surface area contributed by atoms with Crippen LogP contribution in [0, 0.1) is 0 Å². The molecule has 1 aromatic heterocycles. The highest BCUT2D eigenvalue weighted by molar-refractivity contribution is 8.00. The van der Waals surface area contributed by atoms with Gasteiger partial charge >= 0.3 is 0 Å². The van der Waals surface area contributed by atoms with Crippen LogP contribution in [0.15, 0.2) is 28.7 Å². The maximum absolute atomic E-state index is 6.12. The van der Waals surface area contributed by atoms with Crippen LogP contribution in [0.25, 0.3) is 11.0 Å². The number of hydrogen-bond acceptors (Lipinski definition) is 4. The molecule has 2 aromatic rings. The Labute approximate surface area is 122 Å². The molecule has 1 atom stereocenters. The lowest BCUT2D eigenvalue weighted by Gasteiger charge is -2.21. The molecule has 1 aromatic carbocycles. The summed E-state index contributed by atoms with van der Waals surface area (Å²) in [4.78, 5) is 0. The molecule has 0 bridgehead atoms. The Morgan fingerprint density at radius 2 is 2.16 bits per heavy atom. The van der Waals surface area contributed by atoms with Gasteiger partial charge in [0.05, 0.1) is 11.1 Å². The lowest BCUT2D eigenvalue weighted by atomic mass is 10.2. The molecule has 1 unspecified atom stereocenters. The summed E-state index contributed by atoms with van der Waals surface area (Å²) in [6, 6.07) is 7.70. The first kappa shape index (κ1) is 14.7.